The Labute approximate surface area is 46.4 Å². The summed E-state index contributed by atoms with van der Waals surface area (Å²) < 4.78 is 0. The molecule has 0 unspecified atom stereocenters. The van der Waals surface area contributed by atoms with E-state index in [0.29, 0.717) is 7.92 Å². The Morgan fingerprint density at radius 3 is 2.14 bits per heavy atom. The maximum absolute atomic E-state index is 3.77. The number of rotatable bonds is 1. The van der Waals surface area contributed by atoms with Crippen LogP contribution in [0, 0.1) is 0 Å². The van der Waals surface area contributed by atoms with Crippen molar-refractivity contribution in [2.45, 2.75) is 12.8 Å². The van der Waals surface area contributed by atoms with E-state index in [2.05, 4.69) is 12.4 Å². The zero-order valence-corrected chi connectivity index (χ0v) is 5.45. The lowest BCUT2D eigenvalue weighted by Crippen LogP contribution is -1.64. The average Bonchev–Trinajstić information content (AvgIpc) is 2.14. The molecular weight excluding hydrogens is 103 g/mol. The van der Waals surface area contributed by atoms with E-state index in [-0.39, 0.29) is 0 Å². The van der Waals surface area contributed by atoms with Gasteiger partial charge in [0.15, 0.2) is 0 Å². The van der Waals surface area contributed by atoms with Crippen molar-refractivity contribution in [3.63, 3.8) is 0 Å². The fourth-order valence-corrected chi connectivity index (χ4v) is 2.77. The van der Waals surface area contributed by atoms with Crippen molar-refractivity contribution in [2.75, 3.05) is 12.3 Å². The summed E-state index contributed by atoms with van der Waals surface area (Å²) in [6.45, 7) is 3.77. The lowest BCUT2D eigenvalue weighted by molar-refractivity contribution is 0.949. The van der Waals surface area contributed by atoms with Crippen LogP contribution in [0.2, 0.25) is 0 Å². The molecule has 1 fully saturated rings. The molecule has 0 atom stereocenters. The standard InChI is InChI=1S/C6H11P/c1-2-7-5-3-4-6-7/h2H,1,3-6H2. The second-order valence-electron chi connectivity index (χ2n) is 1.93. The van der Waals surface area contributed by atoms with Gasteiger partial charge >= 0.3 is 0 Å². The molecule has 0 aliphatic carbocycles. The molecular formula is C6H11P. The molecule has 1 aliphatic rings. The zero-order chi connectivity index (χ0) is 5.11. The second kappa shape index (κ2) is 2.47. The molecule has 0 aromatic rings. The first-order chi connectivity index (χ1) is 3.43. The Balaban J connectivity index is 2.26. The van der Waals surface area contributed by atoms with Gasteiger partial charge in [-0.3, -0.25) is 0 Å². The van der Waals surface area contributed by atoms with Crippen molar-refractivity contribution in [1.82, 2.24) is 0 Å². The van der Waals surface area contributed by atoms with Crippen molar-refractivity contribution < 1.29 is 0 Å². The van der Waals surface area contributed by atoms with Crippen LogP contribution in [0.4, 0.5) is 0 Å². The molecule has 0 radical (unpaired) electrons. The topological polar surface area (TPSA) is 0 Å². The highest BCUT2D eigenvalue weighted by molar-refractivity contribution is 7.61. The van der Waals surface area contributed by atoms with Crippen LogP contribution in [0.5, 0.6) is 0 Å². The van der Waals surface area contributed by atoms with Gasteiger partial charge in [-0.25, -0.2) is 0 Å². The highest BCUT2D eigenvalue weighted by atomic mass is 31.1. The van der Waals surface area contributed by atoms with E-state index < -0.39 is 0 Å². The molecule has 0 aromatic heterocycles. The third kappa shape index (κ3) is 1.28. The molecule has 40 valence electrons. The lowest BCUT2D eigenvalue weighted by Gasteiger charge is -1.96. The van der Waals surface area contributed by atoms with Gasteiger partial charge in [-0.15, -0.1) is 0 Å². The van der Waals surface area contributed by atoms with E-state index in [1.54, 1.807) is 0 Å². The molecule has 0 spiro atoms. The fourth-order valence-electron chi connectivity index (χ4n) is 0.924. The van der Waals surface area contributed by atoms with E-state index >= 15 is 0 Å². The van der Waals surface area contributed by atoms with Gasteiger partial charge in [-0.1, -0.05) is 20.3 Å². The molecule has 1 rings (SSSR count). The maximum Gasteiger partial charge on any atom is -0.0291 e. The van der Waals surface area contributed by atoms with Gasteiger partial charge in [-0.05, 0) is 25.2 Å². The van der Waals surface area contributed by atoms with Crippen LogP contribution in [0.1, 0.15) is 12.8 Å². The molecule has 1 heterocycles. The smallest absolute Gasteiger partial charge is 0.0291 e. The largest absolute Gasteiger partial charge is 0.0986 e. The van der Waals surface area contributed by atoms with Gasteiger partial charge in [0.05, 0.1) is 0 Å². The summed E-state index contributed by atoms with van der Waals surface area (Å²) in [5, 5.41) is 0. The molecule has 0 aromatic carbocycles. The highest BCUT2D eigenvalue weighted by Crippen LogP contribution is 2.43. The van der Waals surface area contributed by atoms with E-state index in [1.165, 1.54) is 25.2 Å². The first kappa shape index (κ1) is 5.31. The number of hydrogen-bond donors (Lipinski definition) is 0. The van der Waals surface area contributed by atoms with Gasteiger partial charge in [0.25, 0.3) is 0 Å². The fraction of sp³-hybridized carbons (Fsp3) is 0.667. The summed E-state index contributed by atoms with van der Waals surface area (Å²) in [7, 11) is 0.321. The van der Waals surface area contributed by atoms with Crippen LogP contribution in [-0.4, -0.2) is 12.3 Å². The minimum absolute atomic E-state index is 0.321. The normalized spacial score (nSPS) is 22.9. The average molecular weight is 114 g/mol. The summed E-state index contributed by atoms with van der Waals surface area (Å²) in [5.41, 5.74) is 0. The molecule has 1 aliphatic heterocycles. The van der Waals surface area contributed by atoms with Crippen LogP contribution >= 0.6 is 7.92 Å². The minimum atomic E-state index is 0.321. The summed E-state index contributed by atoms with van der Waals surface area (Å²) >= 11 is 0. The van der Waals surface area contributed by atoms with Gasteiger partial charge < -0.3 is 0 Å². The van der Waals surface area contributed by atoms with Crippen molar-refractivity contribution in [2.24, 2.45) is 0 Å². The van der Waals surface area contributed by atoms with E-state index in [4.69, 9.17) is 0 Å². The Morgan fingerprint density at radius 2 is 1.86 bits per heavy atom. The van der Waals surface area contributed by atoms with Gasteiger partial charge in [0.1, 0.15) is 0 Å². The summed E-state index contributed by atoms with van der Waals surface area (Å²) in [4.78, 5) is 0. The van der Waals surface area contributed by atoms with Crippen LogP contribution in [-0.2, 0) is 0 Å². The van der Waals surface area contributed by atoms with Gasteiger partial charge in [-0.2, -0.15) is 0 Å². The highest BCUT2D eigenvalue weighted by Gasteiger charge is 2.08. The van der Waals surface area contributed by atoms with Crippen molar-refractivity contribution in [1.29, 1.82) is 0 Å². The van der Waals surface area contributed by atoms with Crippen LogP contribution in [0.25, 0.3) is 0 Å². The maximum atomic E-state index is 3.77. The van der Waals surface area contributed by atoms with E-state index in [0.717, 1.165) is 0 Å². The molecule has 1 heteroatoms. The summed E-state index contributed by atoms with van der Waals surface area (Å²) in [6.07, 6.45) is 5.83. The Morgan fingerprint density at radius 1 is 1.29 bits per heavy atom. The predicted molar refractivity (Wildman–Crippen MR) is 36.1 cm³/mol. The first-order valence-corrected chi connectivity index (χ1v) is 4.58. The van der Waals surface area contributed by atoms with E-state index in [1.807, 2.05) is 0 Å². The first-order valence-electron chi connectivity index (χ1n) is 2.80. The van der Waals surface area contributed by atoms with Crippen molar-refractivity contribution in [3.05, 3.63) is 12.4 Å². The van der Waals surface area contributed by atoms with Gasteiger partial charge in [0.2, 0.25) is 0 Å². The Hall–Kier alpha value is 0.170. The molecule has 7 heavy (non-hydrogen) atoms. The van der Waals surface area contributed by atoms with Crippen LogP contribution in [0.3, 0.4) is 0 Å². The van der Waals surface area contributed by atoms with Crippen LogP contribution in [0.15, 0.2) is 12.4 Å². The lowest BCUT2D eigenvalue weighted by atomic mass is 10.4. The Kier molecular flexibility index (Phi) is 1.87. The quantitative estimate of drug-likeness (QED) is 0.459. The SMILES string of the molecule is C=CP1CCCC1. The molecule has 0 bridgehead atoms. The van der Waals surface area contributed by atoms with Crippen molar-refractivity contribution >= 4 is 7.92 Å². The molecule has 0 nitrogen and oxygen atoms in total. The second-order valence-corrected chi connectivity index (χ2v) is 4.36. The molecule has 0 saturated carbocycles. The minimum Gasteiger partial charge on any atom is -0.0986 e. The predicted octanol–water partition coefficient (Wildman–Crippen LogP) is 2.41. The Bertz CT molecular complexity index is 62.6. The number of hydrogen-bond acceptors (Lipinski definition) is 0. The molecule has 0 N–H and O–H groups in total. The van der Waals surface area contributed by atoms with Crippen molar-refractivity contribution in [3.8, 4) is 0 Å². The zero-order valence-electron chi connectivity index (χ0n) is 4.56. The summed E-state index contributed by atoms with van der Waals surface area (Å²) in [6, 6.07) is 0. The molecule has 1 saturated heterocycles. The van der Waals surface area contributed by atoms with Crippen LogP contribution < -0.4 is 0 Å². The third-order valence-corrected chi connectivity index (χ3v) is 3.70. The third-order valence-electron chi connectivity index (χ3n) is 1.40. The molecule has 0 amide bonds. The van der Waals surface area contributed by atoms with E-state index in [9.17, 15) is 0 Å². The monoisotopic (exact) mass is 114 g/mol. The summed E-state index contributed by atoms with van der Waals surface area (Å²) in [5.74, 6) is 2.16. The van der Waals surface area contributed by atoms with Gasteiger partial charge in [0, 0.05) is 0 Å².